The first-order valence-electron chi connectivity index (χ1n) is 10.8. The second-order valence-electron chi connectivity index (χ2n) is 8.38. The molecule has 7 rings (SSSR count). The minimum Gasteiger partial charge on any atom is -0.496 e. The topological polar surface area (TPSA) is 61.5 Å². The van der Waals surface area contributed by atoms with Crippen LogP contribution in [0.4, 0.5) is 0 Å². The average Bonchev–Trinajstić information content (AvgIpc) is 3.62. The molecule has 4 heterocycles. The number of nitrogens with zero attached hydrogens (tertiary/aromatic N) is 4. The number of imidazole rings is 1. The molecule has 0 unspecified atom stereocenters. The number of hydrogen-bond acceptors (Lipinski definition) is 5. The SMILES string of the molecule is COc1ccc(C2CC2)c2c1c(OC)cn1c2nc2c3cccnc3c3ncccc3c21. The lowest BCUT2D eigenvalue weighted by molar-refractivity contribution is 0.404. The fraction of sp³-hybridized carbons (Fsp3) is 0.192. The van der Waals surface area contributed by atoms with Crippen molar-refractivity contribution >= 4 is 49.3 Å². The Morgan fingerprint density at radius 3 is 2.25 bits per heavy atom. The third-order valence-electron chi connectivity index (χ3n) is 6.63. The molecular weight excluding hydrogens is 400 g/mol. The van der Waals surface area contributed by atoms with E-state index in [0.717, 1.165) is 60.8 Å². The molecular formula is C26H20N4O2. The first-order chi connectivity index (χ1) is 15.8. The third kappa shape index (κ3) is 2.21. The monoisotopic (exact) mass is 420 g/mol. The zero-order valence-electron chi connectivity index (χ0n) is 17.8. The Labute approximate surface area is 183 Å². The molecule has 0 spiro atoms. The van der Waals surface area contributed by atoms with Gasteiger partial charge in [-0.3, -0.25) is 14.4 Å². The van der Waals surface area contributed by atoms with E-state index in [-0.39, 0.29) is 0 Å². The summed E-state index contributed by atoms with van der Waals surface area (Å²) in [6.45, 7) is 0. The smallest absolute Gasteiger partial charge is 0.147 e. The molecule has 6 nitrogen and oxygen atoms in total. The van der Waals surface area contributed by atoms with Crippen molar-refractivity contribution in [3.8, 4) is 11.5 Å². The highest BCUT2D eigenvalue weighted by Crippen LogP contribution is 2.48. The van der Waals surface area contributed by atoms with Gasteiger partial charge in [0.2, 0.25) is 0 Å². The number of fused-ring (bicyclic) bond motifs is 10. The van der Waals surface area contributed by atoms with E-state index >= 15 is 0 Å². The van der Waals surface area contributed by atoms with Gasteiger partial charge in [0, 0.05) is 28.6 Å². The van der Waals surface area contributed by atoms with Gasteiger partial charge < -0.3 is 9.47 Å². The van der Waals surface area contributed by atoms with Gasteiger partial charge in [-0.1, -0.05) is 6.07 Å². The second kappa shape index (κ2) is 6.29. The Balaban J connectivity index is 1.81. The molecule has 2 aromatic carbocycles. The van der Waals surface area contributed by atoms with Crippen LogP contribution in [0.15, 0.2) is 55.0 Å². The van der Waals surface area contributed by atoms with Crippen LogP contribution in [0.3, 0.4) is 0 Å². The quantitative estimate of drug-likeness (QED) is 0.347. The highest BCUT2D eigenvalue weighted by Gasteiger charge is 2.29. The Morgan fingerprint density at radius 2 is 1.53 bits per heavy atom. The second-order valence-corrected chi connectivity index (χ2v) is 8.38. The summed E-state index contributed by atoms with van der Waals surface area (Å²) >= 11 is 0. The van der Waals surface area contributed by atoms with Crippen molar-refractivity contribution in [2.24, 2.45) is 0 Å². The number of methoxy groups -OCH3 is 2. The minimum atomic E-state index is 0.552. The Morgan fingerprint density at radius 1 is 0.812 bits per heavy atom. The lowest BCUT2D eigenvalue weighted by atomic mass is 10.0. The molecule has 0 radical (unpaired) electrons. The number of rotatable bonds is 3. The van der Waals surface area contributed by atoms with Gasteiger partial charge in [0.1, 0.15) is 17.1 Å². The predicted octanol–water partition coefficient (Wildman–Crippen LogP) is 5.63. The lowest BCUT2D eigenvalue weighted by Crippen LogP contribution is -1.98. The Hall–Kier alpha value is -3.93. The fourth-order valence-electron chi connectivity index (χ4n) is 5.08. The zero-order valence-corrected chi connectivity index (χ0v) is 17.8. The summed E-state index contributed by atoms with van der Waals surface area (Å²) < 4.78 is 13.8. The molecule has 1 fully saturated rings. The molecule has 6 heteroatoms. The normalized spacial score (nSPS) is 14.2. The van der Waals surface area contributed by atoms with E-state index in [9.17, 15) is 0 Å². The molecule has 0 saturated heterocycles. The van der Waals surface area contributed by atoms with E-state index in [1.165, 1.54) is 18.4 Å². The molecule has 1 aliphatic rings. The maximum atomic E-state index is 5.89. The van der Waals surface area contributed by atoms with Crippen molar-refractivity contribution in [3.63, 3.8) is 0 Å². The number of ether oxygens (including phenoxy) is 2. The van der Waals surface area contributed by atoms with Crippen molar-refractivity contribution < 1.29 is 9.47 Å². The molecule has 6 aromatic rings. The van der Waals surface area contributed by atoms with Gasteiger partial charge in [-0.2, -0.15) is 0 Å². The van der Waals surface area contributed by atoms with Gasteiger partial charge in [0.25, 0.3) is 0 Å². The predicted molar refractivity (Wildman–Crippen MR) is 126 cm³/mol. The fourth-order valence-corrected chi connectivity index (χ4v) is 5.08. The van der Waals surface area contributed by atoms with E-state index in [4.69, 9.17) is 14.5 Å². The Kier molecular flexibility index (Phi) is 3.48. The summed E-state index contributed by atoms with van der Waals surface area (Å²) in [6, 6.07) is 12.3. The summed E-state index contributed by atoms with van der Waals surface area (Å²) in [5.41, 5.74) is 5.92. The van der Waals surface area contributed by atoms with Crippen LogP contribution in [0.5, 0.6) is 11.5 Å². The van der Waals surface area contributed by atoms with Crippen molar-refractivity contribution in [1.29, 1.82) is 0 Å². The zero-order chi connectivity index (χ0) is 21.4. The van der Waals surface area contributed by atoms with Gasteiger partial charge in [-0.25, -0.2) is 4.98 Å². The van der Waals surface area contributed by atoms with Crippen LogP contribution < -0.4 is 9.47 Å². The van der Waals surface area contributed by atoms with E-state index in [2.05, 4.69) is 38.6 Å². The number of hydrogen-bond donors (Lipinski definition) is 0. The standard InChI is InChI=1S/C26H20N4O2/c1-31-18-10-9-15(14-7-8-14)20-21(18)19(32-2)13-30-25-17-6-4-12-28-23(17)22-16(5-3-11-27-22)24(25)29-26(20)30/h3-6,9-14H,7-8H2,1-2H3. The summed E-state index contributed by atoms with van der Waals surface area (Å²) in [5.74, 6) is 2.12. The van der Waals surface area contributed by atoms with Crippen LogP contribution in [-0.4, -0.2) is 33.6 Å². The number of pyridine rings is 3. The maximum absolute atomic E-state index is 5.89. The van der Waals surface area contributed by atoms with E-state index < -0.39 is 0 Å². The molecule has 0 amide bonds. The first-order valence-corrected chi connectivity index (χ1v) is 10.8. The largest absolute Gasteiger partial charge is 0.496 e. The van der Waals surface area contributed by atoms with Crippen molar-refractivity contribution in [1.82, 2.24) is 19.4 Å². The van der Waals surface area contributed by atoms with Gasteiger partial charge in [0.15, 0.2) is 0 Å². The molecule has 0 aliphatic heterocycles. The van der Waals surface area contributed by atoms with Crippen LogP contribution in [0.2, 0.25) is 0 Å². The number of aromatic nitrogens is 4. The molecule has 1 saturated carbocycles. The molecule has 156 valence electrons. The van der Waals surface area contributed by atoms with Crippen LogP contribution in [-0.2, 0) is 0 Å². The molecule has 1 aliphatic carbocycles. The van der Waals surface area contributed by atoms with Crippen LogP contribution in [0.1, 0.15) is 24.3 Å². The van der Waals surface area contributed by atoms with Crippen LogP contribution in [0.25, 0.3) is 49.3 Å². The molecule has 0 bridgehead atoms. The minimum absolute atomic E-state index is 0.552. The molecule has 0 N–H and O–H groups in total. The van der Waals surface area contributed by atoms with Gasteiger partial charge in [-0.15, -0.1) is 0 Å². The van der Waals surface area contributed by atoms with Crippen LogP contribution in [0, 0.1) is 0 Å². The Bertz CT molecular complexity index is 1720. The van der Waals surface area contributed by atoms with Crippen molar-refractivity contribution in [2.75, 3.05) is 14.2 Å². The average molecular weight is 420 g/mol. The van der Waals surface area contributed by atoms with Gasteiger partial charge in [-0.05, 0) is 54.7 Å². The summed E-state index contributed by atoms with van der Waals surface area (Å²) in [5, 5.41) is 4.11. The van der Waals surface area contributed by atoms with Gasteiger partial charge >= 0.3 is 0 Å². The summed E-state index contributed by atoms with van der Waals surface area (Å²) in [7, 11) is 3.41. The van der Waals surface area contributed by atoms with Crippen LogP contribution >= 0.6 is 0 Å². The highest BCUT2D eigenvalue weighted by atomic mass is 16.5. The molecule has 4 aromatic heterocycles. The van der Waals surface area contributed by atoms with E-state index in [1.54, 1.807) is 14.2 Å². The van der Waals surface area contributed by atoms with Crippen molar-refractivity contribution in [3.05, 3.63) is 60.6 Å². The maximum Gasteiger partial charge on any atom is 0.147 e. The lowest BCUT2D eigenvalue weighted by Gasteiger charge is -2.15. The highest BCUT2D eigenvalue weighted by molar-refractivity contribution is 6.22. The van der Waals surface area contributed by atoms with E-state index in [1.807, 2.05) is 30.7 Å². The number of benzene rings is 2. The first kappa shape index (κ1) is 17.7. The molecule has 0 atom stereocenters. The third-order valence-corrected chi connectivity index (χ3v) is 6.63. The summed E-state index contributed by atoms with van der Waals surface area (Å²) in [6.07, 6.45) is 8.06. The van der Waals surface area contributed by atoms with Crippen molar-refractivity contribution in [2.45, 2.75) is 18.8 Å². The summed E-state index contributed by atoms with van der Waals surface area (Å²) in [4.78, 5) is 14.6. The molecule has 32 heavy (non-hydrogen) atoms. The van der Waals surface area contributed by atoms with Gasteiger partial charge in [0.05, 0.1) is 47.9 Å². The van der Waals surface area contributed by atoms with E-state index in [0.29, 0.717) is 5.92 Å².